The van der Waals surface area contributed by atoms with Gasteiger partial charge in [-0.1, -0.05) is 13.8 Å². The molecule has 0 saturated carbocycles. The highest BCUT2D eigenvalue weighted by Gasteiger charge is 2.00. The van der Waals surface area contributed by atoms with Crippen molar-refractivity contribution in [3.05, 3.63) is 0 Å². The highest BCUT2D eigenvalue weighted by molar-refractivity contribution is 14.0. The fourth-order valence-electron chi connectivity index (χ4n) is 1.76. The van der Waals surface area contributed by atoms with E-state index in [-0.39, 0.29) is 24.0 Å². The first-order valence-electron chi connectivity index (χ1n) is 7.51. The van der Waals surface area contributed by atoms with Gasteiger partial charge in [0.15, 0.2) is 5.96 Å². The quantitative estimate of drug-likeness (QED) is 0.235. The minimum absolute atomic E-state index is 0. The first kappa shape index (κ1) is 22.6. The van der Waals surface area contributed by atoms with Crippen LogP contribution in [0, 0.1) is 0 Å². The number of nitrogens with one attached hydrogen (secondary N) is 2. The zero-order valence-electron chi connectivity index (χ0n) is 13.6. The Labute approximate surface area is 147 Å². The van der Waals surface area contributed by atoms with E-state index in [1.165, 1.54) is 18.6 Å². The maximum absolute atomic E-state index is 4.60. The maximum Gasteiger partial charge on any atom is 0.191 e. The summed E-state index contributed by atoms with van der Waals surface area (Å²) in [5, 5.41) is 6.70. The molecule has 0 aromatic heterocycles. The monoisotopic (exact) mass is 416 g/mol. The number of hydrogen-bond donors (Lipinski definition) is 2. The third-order valence-electron chi connectivity index (χ3n) is 2.99. The van der Waals surface area contributed by atoms with Gasteiger partial charge in [-0.2, -0.15) is 11.8 Å². The molecule has 0 aliphatic rings. The standard InChI is InChI=1S/C14H32N4S.HI/c1-5-15-14(16-10-8-9-13-19-4)17-11-12-18(6-2)7-3;/h5-13H2,1-4H3,(H2,15,16,17);1H. The summed E-state index contributed by atoms with van der Waals surface area (Å²) >= 11 is 1.91. The molecule has 0 aliphatic carbocycles. The summed E-state index contributed by atoms with van der Waals surface area (Å²) in [6, 6.07) is 0. The van der Waals surface area contributed by atoms with Crippen molar-refractivity contribution in [2.24, 2.45) is 4.99 Å². The smallest absolute Gasteiger partial charge is 0.191 e. The van der Waals surface area contributed by atoms with E-state index in [1.54, 1.807) is 0 Å². The van der Waals surface area contributed by atoms with Crippen molar-refractivity contribution in [1.82, 2.24) is 15.5 Å². The van der Waals surface area contributed by atoms with Crippen LogP contribution in [-0.4, -0.2) is 62.1 Å². The second-order valence-electron chi connectivity index (χ2n) is 4.41. The Morgan fingerprint density at radius 1 is 1.10 bits per heavy atom. The molecule has 0 saturated heterocycles. The topological polar surface area (TPSA) is 39.7 Å². The van der Waals surface area contributed by atoms with Gasteiger partial charge in [0.1, 0.15) is 0 Å². The third-order valence-corrected chi connectivity index (χ3v) is 3.68. The number of unbranched alkanes of at least 4 members (excludes halogenated alkanes) is 1. The van der Waals surface area contributed by atoms with Crippen LogP contribution in [0.4, 0.5) is 0 Å². The molecule has 0 rings (SSSR count). The molecule has 0 atom stereocenters. The lowest BCUT2D eigenvalue weighted by Gasteiger charge is -2.19. The summed E-state index contributed by atoms with van der Waals surface area (Å²) in [5.74, 6) is 2.19. The highest BCUT2D eigenvalue weighted by atomic mass is 127. The lowest BCUT2D eigenvalue weighted by molar-refractivity contribution is 0.308. The van der Waals surface area contributed by atoms with Gasteiger partial charge in [0.2, 0.25) is 0 Å². The number of hydrogen-bond acceptors (Lipinski definition) is 3. The summed E-state index contributed by atoms with van der Waals surface area (Å²) in [5.41, 5.74) is 0. The van der Waals surface area contributed by atoms with Crippen molar-refractivity contribution in [3.63, 3.8) is 0 Å². The second-order valence-corrected chi connectivity index (χ2v) is 5.40. The molecule has 0 fully saturated rings. The fourth-order valence-corrected chi connectivity index (χ4v) is 2.26. The van der Waals surface area contributed by atoms with Gasteiger partial charge in [0.05, 0.1) is 0 Å². The van der Waals surface area contributed by atoms with E-state index in [0.29, 0.717) is 0 Å². The number of guanidine groups is 1. The predicted octanol–water partition coefficient (Wildman–Crippen LogP) is 2.64. The number of rotatable bonds is 11. The first-order chi connectivity index (χ1) is 9.28. The van der Waals surface area contributed by atoms with Crippen molar-refractivity contribution in [2.45, 2.75) is 33.6 Å². The second kappa shape index (κ2) is 17.4. The van der Waals surface area contributed by atoms with Crippen molar-refractivity contribution in [2.75, 3.05) is 51.3 Å². The number of nitrogens with zero attached hydrogens (tertiary/aromatic N) is 2. The number of likely N-dealkylation sites (N-methyl/N-ethyl adjacent to an activating group) is 1. The molecule has 4 nitrogen and oxygen atoms in total. The zero-order valence-corrected chi connectivity index (χ0v) is 16.7. The third kappa shape index (κ3) is 13.3. The first-order valence-corrected chi connectivity index (χ1v) is 8.91. The Balaban J connectivity index is 0. The molecule has 122 valence electrons. The van der Waals surface area contributed by atoms with Gasteiger partial charge in [-0.15, -0.1) is 24.0 Å². The molecular formula is C14H33IN4S. The minimum Gasteiger partial charge on any atom is -0.357 e. The van der Waals surface area contributed by atoms with E-state index in [0.717, 1.165) is 45.2 Å². The van der Waals surface area contributed by atoms with Crippen LogP contribution in [0.3, 0.4) is 0 Å². The van der Waals surface area contributed by atoms with Crippen LogP contribution < -0.4 is 10.6 Å². The lowest BCUT2D eigenvalue weighted by Crippen LogP contribution is -2.41. The van der Waals surface area contributed by atoms with Crippen LogP contribution >= 0.6 is 35.7 Å². The average Bonchev–Trinajstić information content (AvgIpc) is 2.43. The Hall–Kier alpha value is 0.310. The van der Waals surface area contributed by atoms with E-state index >= 15 is 0 Å². The number of thioether (sulfide) groups is 1. The van der Waals surface area contributed by atoms with E-state index in [9.17, 15) is 0 Å². The lowest BCUT2D eigenvalue weighted by atomic mass is 10.3. The molecule has 20 heavy (non-hydrogen) atoms. The van der Waals surface area contributed by atoms with Crippen molar-refractivity contribution in [3.8, 4) is 0 Å². The van der Waals surface area contributed by atoms with Crippen molar-refractivity contribution < 1.29 is 0 Å². The van der Waals surface area contributed by atoms with Gasteiger partial charge in [-0.25, -0.2) is 0 Å². The van der Waals surface area contributed by atoms with Gasteiger partial charge in [0.25, 0.3) is 0 Å². The fraction of sp³-hybridized carbons (Fsp3) is 0.929. The number of aliphatic imine (C=N–C) groups is 1. The van der Waals surface area contributed by atoms with Crippen LogP contribution in [0.15, 0.2) is 4.99 Å². The summed E-state index contributed by atoms with van der Waals surface area (Å²) in [6.07, 6.45) is 4.58. The van der Waals surface area contributed by atoms with Gasteiger partial charge in [0, 0.05) is 26.2 Å². The molecule has 0 radical (unpaired) electrons. The summed E-state index contributed by atoms with van der Waals surface area (Å²) < 4.78 is 0. The van der Waals surface area contributed by atoms with Gasteiger partial charge in [-0.05, 0) is 44.9 Å². The van der Waals surface area contributed by atoms with E-state index < -0.39 is 0 Å². The Morgan fingerprint density at radius 2 is 1.80 bits per heavy atom. The molecule has 0 spiro atoms. The molecule has 0 bridgehead atoms. The van der Waals surface area contributed by atoms with Gasteiger partial charge < -0.3 is 15.5 Å². The summed E-state index contributed by atoms with van der Waals surface area (Å²) in [7, 11) is 0. The van der Waals surface area contributed by atoms with Crippen molar-refractivity contribution in [1.29, 1.82) is 0 Å². The molecule has 0 aromatic carbocycles. The van der Waals surface area contributed by atoms with Gasteiger partial charge >= 0.3 is 0 Å². The largest absolute Gasteiger partial charge is 0.357 e. The van der Waals surface area contributed by atoms with E-state index in [4.69, 9.17) is 0 Å². The zero-order chi connectivity index (χ0) is 14.3. The van der Waals surface area contributed by atoms with Crippen LogP contribution in [0.2, 0.25) is 0 Å². The number of halogens is 1. The molecule has 0 amide bonds. The summed E-state index contributed by atoms with van der Waals surface area (Å²) in [6.45, 7) is 12.6. The average molecular weight is 416 g/mol. The van der Waals surface area contributed by atoms with Crippen molar-refractivity contribution >= 4 is 41.7 Å². The van der Waals surface area contributed by atoms with Crippen LogP contribution in [-0.2, 0) is 0 Å². The highest BCUT2D eigenvalue weighted by Crippen LogP contribution is 1.98. The minimum atomic E-state index is 0. The SMILES string of the molecule is CCNC(=NCCCCSC)NCCN(CC)CC.I. The van der Waals surface area contributed by atoms with Crippen LogP contribution in [0.25, 0.3) is 0 Å². The predicted molar refractivity (Wildman–Crippen MR) is 105 cm³/mol. The maximum atomic E-state index is 4.60. The Bertz CT molecular complexity index is 223. The Kier molecular flexibility index (Phi) is 19.6. The van der Waals surface area contributed by atoms with Gasteiger partial charge in [-0.3, -0.25) is 4.99 Å². The molecule has 6 heteroatoms. The molecule has 0 aromatic rings. The normalized spacial score (nSPS) is 11.3. The molecular weight excluding hydrogens is 383 g/mol. The molecule has 0 heterocycles. The van der Waals surface area contributed by atoms with E-state index in [1.807, 2.05) is 11.8 Å². The summed E-state index contributed by atoms with van der Waals surface area (Å²) in [4.78, 5) is 7.01. The van der Waals surface area contributed by atoms with Crippen LogP contribution in [0.5, 0.6) is 0 Å². The molecule has 0 aliphatic heterocycles. The molecule has 0 unspecified atom stereocenters. The van der Waals surface area contributed by atoms with Crippen LogP contribution in [0.1, 0.15) is 33.6 Å². The van der Waals surface area contributed by atoms with E-state index in [2.05, 4.69) is 47.6 Å². The molecule has 2 N–H and O–H groups in total. The Morgan fingerprint density at radius 3 is 2.35 bits per heavy atom.